The van der Waals surface area contributed by atoms with Gasteiger partial charge in [0.15, 0.2) is 11.5 Å². The Morgan fingerprint density at radius 2 is 1.75 bits per heavy atom. The summed E-state index contributed by atoms with van der Waals surface area (Å²) in [5, 5.41) is 11.0. The van der Waals surface area contributed by atoms with E-state index in [1.807, 2.05) is 44.7 Å². The van der Waals surface area contributed by atoms with Crippen LogP contribution in [0, 0.1) is 5.82 Å². The number of nitrogens with one attached hydrogen (secondary N) is 3. The minimum Gasteiger partial charge on any atom is -0.384 e. The molecule has 6 heterocycles. The second kappa shape index (κ2) is 12.1. The first-order valence-electron chi connectivity index (χ1n) is 15.1. The van der Waals surface area contributed by atoms with Gasteiger partial charge in [-0.2, -0.15) is 5.10 Å². The van der Waals surface area contributed by atoms with Crippen LogP contribution < -0.4 is 5.32 Å². The van der Waals surface area contributed by atoms with Gasteiger partial charge in [0.1, 0.15) is 11.3 Å². The maximum Gasteiger partial charge on any atom is 0.161 e. The summed E-state index contributed by atoms with van der Waals surface area (Å²) in [6, 6.07) is 11.1. The van der Waals surface area contributed by atoms with Crippen LogP contribution in [0.15, 0.2) is 61.2 Å². The van der Waals surface area contributed by atoms with Gasteiger partial charge in [-0.15, -0.1) is 0 Å². The molecule has 0 aliphatic carbocycles. The number of halogens is 1. The average Bonchev–Trinajstić information content (AvgIpc) is 3.65. The van der Waals surface area contributed by atoms with Crippen molar-refractivity contribution in [3.63, 3.8) is 0 Å². The Morgan fingerprint density at radius 3 is 2.61 bits per heavy atom. The topological polar surface area (TPSA) is 115 Å². The number of piperidine rings is 1. The summed E-state index contributed by atoms with van der Waals surface area (Å²) in [6.07, 6.45) is 11.1. The number of anilines is 1. The third-order valence-electron chi connectivity index (χ3n) is 8.07. The number of benzene rings is 1. The predicted octanol–water partition coefficient (Wildman–Crippen LogP) is 5.72. The van der Waals surface area contributed by atoms with Crippen LogP contribution in [0.25, 0.3) is 56.0 Å². The number of hydrogen-bond acceptors (Lipinski definition) is 8. The monoisotopic (exact) mass is 590 g/mol. The molecule has 0 bridgehead atoms. The minimum absolute atomic E-state index is 0.327. The quantitative estimate of drug-likeness (QED) is 0.196. The highest BCUT2D eigenvalue weighted by atomic mass is 19.1. The number of rotatable bonds is 9. The summed E-state index contributed by atoms with van der Waals surface area (Å²) in [6.45, 7) is 4.70. The Kier molecular flexibility index (Phi) is 7.71. The Morgan fingerprint density at radius 1 is 0.886 bits per heavy atom. The SMILES string of the molecule is CN(C)CCNc1cc(F)cc(-c2cncc3[nH]c(-c4n[nH]c5ccc(-c6cncc(CN7CCCCC7)c6)nc45)nc23)c1. The van der Waals surface area contributed by atoms with E-state index < -0.39 is 0 Å². The fraction of sp³-hybridized carbons (Fsp3) is 0.303. The second-order valence-electron chi connectivity index (χ2n) is 11.7. The van der Waals surface area contributed by atoms with Crippen molar-refractivity contribution in [2.45, 2.75) is 25.8 Å². The third kappa shape index (κ3) is 5.88. The molecule has 0 unspecified atom stereocenters. The van der Waals surface area contributed by atoms with Crippen molar-refractivity contribution >= 4 is 27.8 Å². The maximum absolute atomic E-state index is 14.7. The van der Waals surface area contributed by atoms with Crippen LogP contribution in [-0.4, -0.2) is 85.2 Å². The highest BCUT2D eigenvalue weighted by Gasteiger charge is 2.18. The first-order chi connectivity index (χ1) is 21.5. The van der Waals surface area contributed by atoms with Gasteiger partial charge in [-0.3, -0.25) is 20.0 Å². The normalized spacial score (nSPS) is 14.2. The molecule has 7 rings (SSSR count). The molecule has 1 aliphatic heterocycles. The van der Waals surface area contributed by atoms with Gasteiger partial charge >= 0.3 is 0 Å². The number of imidazole rings is 1. The molecule has 3 N–H and O–H groups in total. The average molecular weight is 591 g/mol. The Balaban J connectivity index is 1.21. The Bertz CT molecular complexity index is 1920. The van der Waals surface area contributed by atoms with E-state index in [2.05, 4.69) is 46.3 Å². The van der Waals surface area contributed by atoms with E-state index in [1.165, 1.54) is 37.0 Å². The zero-order valence-electron chi connectivity index (χ0n) is 24.9. The van der Waals surface area contributed by atoms with E-state index in [0.717, 1.165) is 54.0 Å². The molecule has 6 aromatic rings. The maximum atomic E-state index is 14.7. The lowest BCUT2D eigenvalue weighted by Gasteiger charge is -2.26. The number of likely N-dealkylation sites (N-methyl/N-ethyl adjacent to an activating group) is 1. The van der Waals surface area contributed by atoms with E-state index >= 15 is 0 Å². The first kappa shape index (κ1) is 28.1. The van der Waals surface area contributed by atoms with Crippen molar-refractivity contribution in [1.82, 2.24) is 44.9 Å². The molecule has 1 aromatic carbocycles. The molecular formula is C33H35FN10. The second-order valence-corrected chi connectivity index (χ2v) is 11.7. The van der Waals surface area contributed by atoms with Crippen LogP contribution in [0.4, 0.5) is 10.1 Å². The van der Waals surface area contributed by atoms with Gasteiger partial charge in [0.2, 0.25) is 0 Å². The van der Waals surface area contributed by atoms with Gasteiger partial charge in [-0.1, -0.05) is 6.42 Å². The molecule has 0 saturated carbocycles. The van der Waals surface area contributed by atoms with Crippen LogP contribution in [0.2, 0.25) is 0 Å². The van der Waals surface area contributed by atoms with Gasteiger partial charge in [-0.25, -0.2) is 14.4 Å². The number of hydrogen-bond donors (Lipinski definition) is 3. The first-order valence-corrected chi connectivity index (χ1v) is 15.1. The summed E-state index contributed by atoms with van der Waals surface area (Å²) >= 11 is 0. The number of nitrogens with zero attached hydrogens (tertiary/aromatic N) is 7. The standard InChI is InChI=1S/C33H35FN10/c1-43(2)11-8-37-25-14-22(13-24(34)15-25)26-18-36-19-29-30(26)40-33(39-29)32-31-28(41-42-32)7-6-27(38-31)23-12-21(16-35-17-23)20-44-9-4-3-5-10-44/h6-7,12-19,37H,3-5,8-11,20H2,1-2H3,(H,39,40)(H,41,42). The molecule has 0 amide bonds. The fourth-order valence-corrected chi connectivity index (χ4v) is 5.84. The molecule has 10 nitrogen and oxygen atoms in total. The molecule has 5 aromatic heterocycles. The van der Waals surface area contributed by atoms with Crippen molar-refractivity contribution in [1.29, 1.82) is 0 Å². The third-order valence-corrected chi connectivity index (χ3v) is 8.07. The molecule has 0 radical (unpaired) electrons. The van der Waals surface area contributed by atoms with Crippen LogP contribution >= 0.6 is 0 Å². The van der Waals surface area contributed by atoms with E-state index in [9.17, 15) is 4.39 Å². The fourth-order valence-electron chi connectivity index (χ4n) is 5.84. The van der Waals surface area contributed by atoms with E-state index in [4.69, 9.17) is 9.97 Å². The van der Waals surface area contributed by atoms with Gasteiger partial charge in [0, 0.05) is 55.0 Å². The number of H-pyrrole nitrogens is 2. The summed E-state index contributed by atoms with van der Waals surface area (Å²) in [5.41, 5.74) is 8.62. The lowest BCUT2D eigenvalue weighted by atomic mass is 10.1. The van der Waals surface area contributed by atoms with Crippen LogP contribution in [0.5, 0.6) is 0 Å². The molecule has 0 spiro atoms. The molecule has 224 valence electrons. The van der Waals surface area contributed by atoms with E-state index in [0.29, 0.717) is 40.3 Å². The van der Waals surface area contributed by atoms with Crippen molar-refractivity contribution in [3.8, 4) is 33.9 Å². The number of aromatic amines is 2. The summed E-state index contributed by atoms with van der Waals surface area (Å²) in [7, 11) is 4.01. The zero-order valence-corrected chi connectivity index (χ0v) is 24.9. The highest BCUT2D eigenvalue weighted by molar-refractivity contribution is 5.96. The van der Waals surface area contributed by atoms with Crippen LogP contribution in [-0.2, 0) is 6.54 Å². The van der Waals surface area contributed by atoms with Gasteiger partial charge in [0.25, 0.3) is 0 Å². The molecule has 44 heavy (non-hydrogen) atoms. The van der Waals surface area contributed by atoms with Gasteiger partial charge in [-0.05, 0) is 87.6 Å². The van der Waals surface area contributed by atoms with Crippen molar-refractivity contribution in [2.24, 2.45) is 0 Å². The molecule has 0 atom stereocenters. The summed E-state index contributed by atoms with van der Waals surface area (Å²) in [4.78, 5) is 26.8. The van der Waals surface area contributed by atoms with Crippen LogP contribution in [0.1, 0.15) is 24.8 Å². The minimum atomic E-state index is -0.327. The van der Waals surface area contributed by atoms with E-state index in [-0.39, 0.29) is 5.82 Å². The molecule has 1 fully saturated rings. The summed E-state index contributed by atoms with van der Waals surface area (Å²) < 4.78 is 14.7. The van der Waals surface area contributed by atoms with E-state index in [1.54, 1.807) is 12.4 Å². The smallest absolute Gasteiger partial charge is 0.161 e. The van der Waals surface area contributed by atoms with Crippen molar-refractivity contribution in [3.05, 3.63) is 72.6 Å². The zero-order chi connectivity index (χ0) is 30.0. The van der Waals surface area contributed by atoms with Crippen LogP contribution in [0.3, 0.4) is 0 Å². The largest absolute Gasteiger partial charge is 0.384 e. The molecule has 1 saturated heterocycles. The van der Waals surface area contributed by atoms with Gasteiger partial charge in [0.05, 0.1) is 28.4 Å². The lowest BCUT2D eigenvalue weighted by molar-refractivity contribution is 0.220. The van der Waals surface area contributed by atoms with Crippen molar-refractivity contribution < 1.29 is 4.39 Å². The predicted molar refractivity (Wildman–Crippen MR) is 172 cm³/mol. The summed E-state index contributed by atoms with van der Waals surface area (Å²) in [5.74, 6) is 0.231. The number of fused-ring (bicyclic) bond motifs is 2. The lowest BCUT2D eigenvalue weighted by Crippen LogP contribution is -2.29. The Hall–Kier alpha value is -4.74. The number of pyridine rings is 3. The molecule has 1 aliphatic rings. The highest BCUT2D eigenvalue weighted by Crippen LogP contribution is 2.33. The van der Waals surface area contributed by atoms with Crippen molar-refractivity contribution in [2.75, 3.05) is 45.6 Å². The molecular weight excluding hydrogens is 555 g/mol. The molecule has 11 heteroatoms. The Labute approximate surface area is 254 Å². The number of aromatic nitrogens is 7. The van der Waals surface area contributed by atoms with Gasteiger partial charge < -0.3 is 15.2 Å². The number of likely N-dealkylation sites (tertiary alicyclic amines) is 1.